The van der Waals surface area contributed by atoms with Crippen molar-refractivity contribution < 1.29 is 0 Å². The van der Waals surface area contributed by atoms with E-state index < -0.39 is 0 Å². The summed E-state index contributed by atoms with van der Waals surface area (Å²) in [4.78, 5) is 4.11. The number of H-pyrrole nitrogens is 1. The number of nitriles is 1. The lowest BCUT2D eigenvalue weighted by molar-refractivity contribution is 0.436. The fourth-order valence-electron chi connectivity index (χ4n) is 8.97. The highest BCUT2D eigenvalue weighted by atomic mass is 32.2. The molecule has 0 saturated heterocycles. The number of thioether (sulfide) groups is 1. The average Bonchev–Trinajstić information content (AvgIpc) is 3.57. The lowest BCUT2D eigenvalue weighted by Crippen LogP contribution is -2.22. The van der Waals surface area contributed by atoms with Crippen LogP contribution in [-0.4, -0.2) is 23.2 Å². The molecule has 1 heterocycles. The fraction of sp³-hybridized carbons (Fsp3) is 0.644. The Kier molecular flexibility index (Phi) is 18.7. The van der Waals surface area contributed by atoms with E-state index in [0.29, 0.717) is 23.1 Å². The van der Waals surface area contributed by atoms with Gasteiger partial charge in [-0.1, -0.05) is 115 Å². The summed E-state index contributed by atoms with van der Waals surface area (Å²) < 4.78 is 0. The maximum absolute atomic E-state index is 10.9. The predicted octanol–water partition coefficient (Wildman–Crippen LogP) is 14.2. The predicted molar refractivity (Wildman–Crippen MR) is 218 cm³/mol. The van der Waals surface area contributed by atoms with E-state index in [1.807, 2.05) is 18.6 Å². The first kappa shape index (κ1) is 40.9. The molecule has 0 aromatic carbocycles. The highest BCUT2D eigenvalue weighted by molar-refractivity contribution is 7.97. The topological polar surface area (TPSA) is 63.4 Å². The largest absolute Gasteiger partial charge is 0.358 e. The maximum atomic E-state index is 10.9. The van der Waals surface area contributed by atoms with Crippen molar-refractivity contribution in [2.24, 2.45) is 11.8 Å². The number of hydrogen-bond acceptors (Lipinski definition) is 3. The van der Waals surface area contributed by atoms with Crippen molar-refractivity contribution in [2.75, 3.05) is 12.5 Å². The Morgan fingerprint density at radius 2 is 1.47 bits per heavy atom. The van der Waals surface area contributed by atoms with Crippen LogP contribution >= 0.6 is 11.8 Å². The molecule has 4 heteroatoms. The molecule has 0 unspecified atom stereocenters. The molecule has 49 heavy (non-hydrogen) atoms. The number of nitrogens with one attached hydrogen (secondary N) is 2. The van der Waals surface area contributed by atoms with Crippen molar-refractivity contribution in [1.82, 2.24) is 4.98 Å². The molecule has 3 saturated carbocycles. The van der Waals surface area contributed by atoms with Gasteiger partial charge in [-0.15, -0.1) is 0 Å². The first-order valence-corrected chi connectivity index (χ1v) is 21.6. The van der Waals surface area contributed by atoms with Gasteiger partial charge < -0.3 is 10.4 Å². The third-order valence-electron chi connectivity index (χ3n) is 11.3. The average molecular weight is 684 g/mol. The van der Waals surface area contributed by atoms with Crippen LogP contribution in [-0.2, 0) is 0 Å². The molecule has 3 fully saturated rings. The van der Waals surface area contributed by atoms with Crippen LogP contribution in [0.3, 0.4) is 0 Å². The number of rotatable bonds is 14. The van der Waals surface area contributed by atoms with Crippen LogP contribution in [0.1, 0.15) is 178 Å². The molecule has 0 amide bonds. The zero-order valence-electron chi connectivity index (χ0n) is 32.2. The number of aromatic nitrogens is 1. The van der Waals surface area contributed by atoms with Crippen molar-refractivity contribution in [3.8, 4) is 6.07 Å². The minimum absolute atomic E-state index is 0.193. The van der Waals surface area contributed by atoms with Gasteiger partial charge in [0.15, 0.2) is 0 Å². The number of aromatic amines is 1. The van der Waals surface area contributed by atoms with Crippen molar-refractivity contribution in [2.45, 2.75) is 162 Å². The van der Waals surface area contributed by atoms with Gasteiger partial charge in [-0.25, -0.2) is 0 Å². The maximum Gasteiger partial charge on any atom is 0.101 e. The second-order valence-electron chi connectivity index (χ2n) is 14.9. The Bertz CT molecular complexity index is 1340. The van der Waals surface area contributed by atoms with Crippen molar-refractivity contribution >= 4 is 23.0 Å². The summed E-state index contributed by atoms with van der Waals surface area (Å²) in [5.74, 6) is 1.60. The molecule has 270 valence electrons. The molecule has 1 aromatic heterocycles. The van der Waals surface area contributed by atoms with E-state index in [-0.39, 0.29) is 11.8 Å². The van der Waals surface area contributed by atoms with E-state index >= 15 is 0 Å². The van der Waals surface area contributed by atoms with E-state index in [4.69, 9.17) is 0 Å². The molecule has 1 aromatic rings. The normalized spacial score (nSPS) is 19.6. The van der Waals surface area contributed by atoms with Gasteiger partial charge in [-0.2, -0.15) is 17.0 Å². The summed E-state index contributed by atoms with van der Waals surface area (Å²) in [6.45, 7) is 13.1. The molecule has 0 aliphatic heterocycles. The van der Waals surface area contributed by atoms with E-state index in [1.165, 1.54) is 112 Å². The second kappa shape index (κ2) is 22.3. The summed E-state index contributed by atoms with van der Waals surface area (Å²) in [7, 11) is 0. The zero-order valence-corrected chi connectivity index (χ0v) is 33.0. The van der Waals surface area contributed by atoms with E-state index in [0.717, 1.165) is 49.7 Å². The van der Waals surface area contributed by atoms with Gasteiger partial charge in [-0.05, 0) is 124 Å². The summed E-state index contributed by atoms with van der Waals surface area (Å²) in [6.07, 6.45) is 35.3. The number of allylic oxidation sites excluding steroid dienone is 9. The quantitative estimate of drug-likeness (QED) is 0.116. The highest BCUT2D eigenvalue weighted by Crippen LogP contribution is 2.45. The second-order valence-corrected chi connectivity index (χ2v) is 15.7. The fourth-order valence-corrected chi connectivity index (χ4v) is 8.97. The van der Waals surface area contributed by atoms with Crippen LogP contribution in [0.5, 0.6) is 0 Å². The Hall–Kier alpha value is -2.51. The Labute approximate surface area is 305 Å². The van der Waals surface area contributed by atoms with Crippen molar-refractivity contribution in [1.29, 1.82) is 10.7 Å². The summed E-state index contributed by atoms with van der Waals surface area (Å²) in [5.41, 5.74) is 10.1. The highest BCUT2D eigenvalue weighted by Gasteiger charge is 2.31. The van der Waals surface area contributed by atoms with E-state index in [2.05, 4.69) is 69.6 Å². The van der Waals surface area contributed by atoms with Gasteiger partial charge in [0.05, 0.1) is 11.3 Å². The Morgan fingerprint density at radius 1 is 0.939 bits per heavy atom. The third-order valence-corrected chi connectivity index (χ3v) is 11.3. The Balaban J connectivity index is 0.00000209. The molecule has 0 atom stereocenters. The van der Waals surface area contributed by atoms with Crippen LogP contribution in [0.2, 0.25) is 0 Å². The minimum atomic E-state index is 0.193. The summed E-state index contributed by atoms with van der Waals surface area (Å²) >= 11 is 1.75. The molecular formula is C45H69N3S. The van der Waals surface area contributed by atoms with Gasteiger partial charge in [0.1, 0.15) is 6.07 Å². The van der Waals surface area contributed by atoms with Gasteiger partial charge in [0.2, 0.25) is 0 Å². The van der Waals surface area contributed by atoms with Crippen LogP contribution in [0.4, 0.5) is 0 Å². The first-order chi connectivity index (χ1) is 23.9. The SMILES string of the molecule is C=C/C=C(\C=C/C)C(=C(C)\C(=C(\C#N)C(=N)C1CCCCC1)C(CCC)CCC)/c1[nH]c(C2CCCCC2)cc1C1CCCCC1.CSC. The van der Waals surface area contributed by atoms with Gasteiger partial charge >= 0.3 is 0 Å². The van der Waals surface area contributed by atoms with Crippen LogP contribution < -0.4 is 0 Å². The molecule has 4 rings (SSSR count). The molecule has 0 spiro atoms. The van der Waals surface area contributed by atoms with Gasteiger partial charge in [0.25, 0.3) is 0 Å². The molecule has 0 bridgehead atoms. The first-order valence-electron chi connectivity index (χ1n) is 19.9. The molecule has 2 N–H and O–H groups in total. The van der Waals surface area contributed by atoms with E-state index in [9.17, 15) is 10.7 Å². The lowest BCUT2D eigenvalue weighted by Gasteiger charge is -2.29. The molecule has 3 aliphatic carbocycles. The smallest absolute Gasteiger partial charge is 0.101 e. The zero-order chi connectivity index (χ0) is 35.6. The van der Waals surface area contributed by atoms with Crippen molar-refractivity contribution in [3.63, 3.8) is 0 Å². The van der Waals surface area contributed by atoms with Crippen LogP contribution in [0.25, 0.3) is 5.57 Å². The number of hydrogen-bond donors (Lipinski definition) is 2. The Morgan fingerprint density at radius 3 is 1.96 bits per heavy atom. The number of nitrogens with zero attached hydrogens (tertiary/aromatic N) is 1. The van der Waals surface area contributed by atoms with Gasteiger partial charge in [0, 0.05) is 22.9 Å². The van der Waals surface area contributed by atoms with Crippen LogP contribution in [0, 0.1) is 28.6 Å². The van der Waals surface area contributed by atoms with E-state index in [1.54, 1.807) is 11.8 Å². The standard InChI is InChI=1S/C43H63N3.C2H6S/c1-6-19-34(20-7-2)40(38(30-44)42(45)36-27-17-12-18-28-36)31(5)41(35(21-8-3)22-9-4)43-37(32-23-13-10-14-24-32)29-39(46-43)33-25-15-11-16-26-33;1-3-2/h8-9,21-22,29,32-34,36,45-46H,3,6-7,10-20,23-28H2,1-2,4-5H3;1-2H3/b22-9-,35-21+,40-38+,41-31+,45-42?;. The minimum Gasteiger partial charge on any atom is -0.358 e. The third kappa shape index (κ3) is 11.2. The molecule has 0 radical (unpaired) electrons. The molecular weight excluding hydrogens is 615 g/mol. The van der Waals surface area contributed by atoms with Crippen molar-refractivity contribution in [3.05, 3.63) is 76.2 Å². The summed E-state index contributed by atoms with van der Waals surface area (Å²) in [6, 6.07) is 5.23. The van der Waals surface area contributed by atoms with Gasteiger partial charge in [-0.3, -0.25) is 0 Å². The molecule has 3 nitrogen and oxygen atoms in total. The van der Waals surface area contributed by atoms with Crippen LogP contribution in [0.15, 0.2) is 59.2 Å². The summed E-state index contributed by atoms with van der Waals surface area (Å²) in [5, 5.41) is 20.5. The monoisotopic (exact) mass is 684 g/mol. The molecule has 3 aliphatic rings. The lowest BCUT2D eigenvalue weighted by atomic mass is 9.75.